The van der Waals surface area contributed by atoms with Gasteiger partial charge in [0.15, 0.2) is 0 Å². The highest BCUT2D eigenvalue weighted by atomic mass is 16.5. The number of rotatable bonds is 2. The van der Waals surface area contributed by atoms with Gasteiger partial charge in [-0.3, -0.25) is 4.68 Å². The lowest BCUT2D eigenvalue weighted by molar-refractivity contribution is 0.0766. The second kappa shape index (κ2) is 4.33. The zero-order valence-electron chi connectivity index (χ0n) is 9.71. The van der Waals surface area contributed by atoms with Crippen LogP contribution in [0.5, 0.6) is 0 Å². The number of aromatic nitrogens is 2. The highest BCUT2D eigenvalue weighted by molar-refractivity contribution is 5.24. The molecule has 1 saturated heterocycles. The van der Waals surface area contributed by atoms with Gasteiger partial charge in [-0.25, -0.2) is 0 Å². The van der Waals surface area contributed by atoms with Crippen LogP contribution in [0.3, 0.4) is 0 Å². The van der Waals surface area contributed by atoms with Crippen LogP contribution in [0.4, 0.5) is 0 Å². The Labute approximate surface area is 90.6 Å². The number of morpholine rings is 1. The van der Waals surface area contributed by atoms with Gasteiger partial charge >= 0.3 is 0 Å². The standard InChI is InChI=1S/C11H19N3O/c1-8-9(2)14(3)13-11(8)6-10-7-15-5-4-12-10/h10,12H,4-7H2,1-3H3. The predicted octanol–water partition coefficient (Wildman–Crippen LogP) is 0.568. The Balaban J connectivity index is 2.06. The van der Waals surface area contributed by atoms with E-state index in [9.17, 15) is 0 Å². The molecular formula is C11H19N3O. The van der Waals surface area contributed by atoms with Gasteiger partial charge in [-0.1, -0.05) is 0 Å². The lowest BCUT2D eigenvalue weighted by atomic mass is 10.1. The molecule has 1 aromatic heterocycles. The number of nitrogens with zero attached hydrogens (tertiary/aromatic N) is 2. The van der Waals surface area contributed by atoms with Crippen LogP contribution in [-0.4, -0.2) is 35.6 Å². The zero-order chi connectivity index (χ0) is 10.8. The molecule has 0 spiro atoms. The highest BCUT2D eigenvalue weighted by Gasteiger charge is 2.17. The second-order valence-corrected chi connectivity index (χ2v) is 4.21. The summed E-state index contributed by atoms with van der Waals surface area (Å²) in [5.41, 5.74) is 3.75. The first-order chi connectivity index (χ1) is 7.18. The fraction of sp³-hybridized carbons (Fsp3) is 0.727. The Morgan fingerprint density at radius 1 is 1.53 bits per heavy atom. The molecule has 2 rings (SSSR count). The van der Waals surface area contributed by atoms with Gasteiger partial charge in [0, 0.05) is 31.7 Å². The van der Waals surface area contributed by atoms with Gasteiger partial charge in [0.25, 0.3) is 0 Å². The van der Waals surface area contributed by atoms with Crippen molar-refractivity contribution in [3.63, 3.8) is 0 Å². The van der Waals surface area contributed by atoms with E-state index in [1.807, 2.05) is 11.7 Å². The Hall–Kier alpha value is -0.870. The normalized spacial score (nSPS) is 21.9. The highest BCUT2D eigenvalue weighted by Crippen LogP contribution is 2.13. The maximum absolute atomic E-state index is 5.43. The third-order valence-corrected chi connectivity index (χ3v) is 3.17. The topological polar surface area (TPSA) is 39.1 Å². The Bertz CT molecular complexity index is 340. The van der Waals surface area contributed by atoms with Crippen molar-refractivity contribution in [2.24, 2.45) is 7.05 Å². The maximum Gasteiger partial charge on any atom is 0.0672 e. The smallest absolute Gasteiger partial charge is 0.0672 e. The molecule has 1 aliphatic heterocycles. The minimum atomic E-state index is 0.423. The molecule has 84 valence electrons. The van der Waals surface area contributed by atoms with E-state index in [4.69, 9.17) is 4.74 Å². The first-order valence-electron chi connectivity index (χ1n) is 5.48. The predicted molar refractivity (Wildman–Crippen MR) is 59.0 cm³/mol. The van der Waals surface area contributed by atoms with Crippen LogP contribution in [0.1, 0.15) is 17.0 Å². The zero-order valence-corrected chi connectivity index (χ0v) is 9.71. The average Bonchev–Trinajstić information content (AvgIpc) is 2.48. The first-order valence-corrected chi connectivity index (χ1v) is 5.48. The molecule has 0 amide bonds. The summed E-state index contributed by atoms with van der Waals surface area (Å²) in [5.74, 6) is 0. The molecule has 2 heterocycles. The monoisotopic (exact) mass is 209 g/mol. The summed E-state index contributed by atoms with van der Waals surface area (Å²) in [7, 11) is 2.00. The molecule has 1 N–H and O–H groups in total. The van der Waals surface area contributed by atoms with Crippen LogP contribution < -0.4 is 5.32 Å². The quantitative estimate of drug-likeness (QED) is 0.774. The fourth-order valence-corrected chi connectivity index (χ4v) is 1.96. The average molecular weight is 209 g/mol. The minimum absolute atomic E-state index is 0.423. The summed E-state index contributed by atoms with van der Waals surface area (Å²) in [6.07, 6.45) is 0.966. The van der Waals surface area contributed by atoms with E-state index in [2.05, 4.69) is 24.3 Å². The van der Waals surface area contributed by atoms with Crippen molar-refractivity contribution in [2.75, 3.05) is 19.8 Å². The number of hydrogen-bond donors (Lipinski definition) is 1. The van der Waals surface area contributed by atoms with Gasteiger partial charge in [-0.05, 0) is 19.4 Å². The molecule has 15 heavy (non-hydrogen) atoms. The summed E-state index contributed by atoms with van der Waals surface area (Å²) in [6.45, 7) is 6.83. The van der Waals surface area contributed by atoms with Crippen LogP contribution in [-0.2, 0) is 18.2 Å². The van der Waals surface area contributed by atoms with Gasteiger partial charge < -0.3 is 10.1 Å². The van der Waals surface area contributed by atoms with Gasteiger partial charge in [0.2, 0.25) is 0 Å². The molecule has 0 aliphatic carbocycles. The summed E-state index contributed by atoms with van der Waals surface area (Å²) < 4.78 is 7.39. The largest absolute Gasteiger partial charge is 0.379 e. The van der Waals surface area contributed by atoms with Crippen LogP contribution >= 0.6 is 0 Å². The Kier molecular flexibility index (Phi) is 3.07. The first kappa shape index (κ1) is 10.6. The van der Waals surface area contributed by atoms with E-state index in [0.29, 0.717) is 6.04 Å². The van der Waals surface area contributed by atoms with Crippen LogP contribution in [0, 0.1) is 13.8 Å². The number of ether oxygens (including phenoxy) is 1. The summed E-state index contributed by atoms with van der Waals surface area (Å²) in [6, 6.07) is 0.423. The SMILES string of the molecule is Cc1c(CC2COCCN2)nn(C)c1C. The van der Waals surface area contributed by atoms with Crippen molar-refractivity contribution in [1.29, 1.82) is 0 Å². The van der Waals surface area contributed by atoms with Crippen LogP contribution in [0.2, 0.25) is 0 Å². The Morgan fingerprint density at radius 2 is 2.33 bits per heavy atom. The van der Waals surface area contributed by atoms with E-state index in [1.54, 1.807) is 0 Å². The second-order valence-electron chi connectivity index (χ2n) is 4.21. The maximum atomic E-state index is 5.43. The molecular weight excluding hydrogens is 190 g/mol. The third kappa shape index (κ3) is 2.21. The fourth-order valence-electron chi connectivity index (χ4n) is 1.96. The van der Waals surface area contributed by atoms with Crippen LogP contribution in [0.25, 0.3) is 0 Å². The lowest BCUT2D eigenvalue weighted by Gasteiger charge is -2.23. The van der Waals surface area contributed by atoms with Crippen molar-refractivity contribution in [2.45, 2.75) is 26.3 Å². The molecule has 0 aromatic carbocycles. The Morgan fingerprint density at radius 3 is 2.87 bits per heavy atom. The molecule has 1 unspecified atom stereocenters. The van der Waals surface area contributed by atoms with Gasteiger partial charge in [0.05, 0.1) is 18.9 Å². The molecule has 1 atom stereocenters. The molecule has 4 heteroatoms. The minimum Gasteiger partial charge on any atom is -0.379 e. The molecule has 1 fully saturated rings. The molecule has 0 radical (unpaired) electrons. The van der Waals surface area contributed by atoms with Crippen molar-refractivity contribution >= 4 is 0 Å². The molecule has 0 bridgehead atoms. The number of hydrogen-bond acceptors (Lipinski definition) is 3. The van der Waals surface area contributed by atoms with Crippen molar-refractivity contribution in [1.82, 2.24) is 15.1 Å². The molecule has 1 aliphatic rings. The third-order valence-electron chi connectivity index (χ3n) is 3.17. The summed E-state index contributed by atoms with van der Waals surface area (Å²) in [5, 5.41) is 7.97. The summed E-state index contributed by atoms with van der Waals surface area (Å²) >= 11 is 0. The van der Waals surface area contributed by atoms with Crippen molar-refractivity contribution < 1.29 is 4.74 Å². The van der Waals surface area contributed by atoms with Crippen molar-refractivity contribution in [3.05, 3.63) is 17.0 Å². The van der Waals surface area contributed by atoms with Crippen LogP contribution in [0.15, 0.2) is 0 Å². The summed E-state index contributed by atoms with van der Waals surface area (Å²) in [4.78, 5) is 0. The molecule has 0 saturated carbocycles. The number of nitrogens with one attached hydrogen (secondary N) is 1. The van der Waals surface area contributed by atoms with E-state index < -0.39 is 0 Å². The lowest BCUT2D eigenvalue weighted by Crippen LogP contribution is -2.42. The van der Waals surface area contributed by atoms with Gasteiger partial charge in [-0.2, -0.15) is 5.10 Å². The van der Waals surface area contributed by atoms with Gasteiger partial charge in [0.1, 0.15) is 0 Å². The van der Waals surface area contributed by atoms with Gasteiger partial charge in [-0.15, -0.1) is 0 Å². The van der Waals surface area contributed by atoms with E-state index in [-0.39, 0.29) is 0 Å². The van der Waals surface area contributed by atoms with E-state index >= 15 is 0 Å². The number of aryl methyl sites for hydroxylation is 1. The molecule has 1 aromatic rings. The van der Waals surface area contributed by atoms with E-state index in [0.717, 1.165) is 26.2 Å². The van der Waals surface area contributed by atoms with E-state index in [1.165, 1.54) is 17.0 Å². The molecule has 4 nitrogen and oxygen atoms in total. The van der Waals surface area contributed by atoms with Crippen molar-refractivity contribution in [3.8, 4) is 0 Å².